The summed E-state index contributed by atoms with van der Waals surface area (Å²) in [6, 6.07) is 1.81. The fourth-order valence-electron chi connectivity index (χ4n) is 1.19. The highest BCUT2D eigenvalue weighted by Crippen LogP contribution is 2.21. The van der Waals surface area contributed by atoms with E-state index in [1.165, 1.54) is 0 Å². The van der Waals surface area contributed by atoms with E-state index in [0.717, 1.165) is 11.3 Å². The van der Waals surface area contributed by atoms with Crippen LogP contribution >= 0.6 is 0 Å². The Morgan fingerprint density at radius 3 is 2.81 bits per heavy atom. The molecule has 84 valence electrons. The number of aromatic nitrogens is 4. The number of hydrogen-bond acceptors (Lipinski definition) is 5. The van der Waals surface area contributed by atoms with E-state index in [1.54, 1.807) is 19.3 Å². The number of hydrogen-bond donors (Lipinski definition) is 2. The number of aromatic amines is 1. The summed E-state index contributed by atoms with van der Waals surface area (Å²) in [6.45, 7) is 3.79. The van der Waals surface area contributed by atoms with Crippen LogP contribution in [0.5, 0.6) is 11.8 Å². The largest absolute Gasteiger partial charge is 0.419 e. The van der Waals surface area contributed by atoms with Crippen molar-refractivity contribution in [2.75, 3.05) is 12.4 Å². The molecule has 0 aliphatic rings. The maximum absolute atomic E-state index is 5.54. The Labute approximate surface area is 93.1 Å². The van der Waals surface area contributed by atoms with E-state index in [1.807, 2.05) is 13.8 Å². The minimum absolute atomic E-state index is 0.501. The third-order valence-corrected chi connectivity index (χ3v) is 2.03. The van der Waals surface area contributed by atoms with E-state index < -0.39 is 0 Å². The Hall–Kier alpha value is -2.11. The minimum atomic E-state index is 0.501. The highest BCUT2D eigenvalue weighted by Gasteiger charge is 2.07. The number of anilines is 1. The minimum Gasteiger partial charge on any atom is -0.419 e. The Bertz CT molecular complexity index is 494. The second-order valence-corrected chi connectivity index (χ2v) is 3.42. The number of ether oxygens (including phenoxy) is 1. The maximum atomic E-state index is 5.54. The van der Waals surface area contributed by atoms with Crippen LogP contribution < -0.4 is 10.1 Å². The first kappa shape index (κ1) is 10.4. The molecule has 2 N–H and O–H groups in total. The van der Waals surface area contributed by atoms with Crippen molar-refractivity contribution in [3.05, 3.63) is 23.5 Å². The van der Waals surface area contributed by atoms with Crippen molar-refractivity contribution in [3.63, 3.8) is 0 Å². The van der Waals surface area contributed by atoms with Crippen molar-refractivity contribution in [1.82, 2.24) is 20.2 Å². The van der Waals surface area contributed by atoms with Gasteiger partial charge < -0.3 is 10.1 Å². The molecule has 6 heteroatoms. The third kappa shape index (κ3) is 2.10. The van der Waals surface area contributed by atoms with Gasteiger partial charge in [0.25, 0.3) is 0 Å². The monoisotopic (exact) mass is 219 g/mol. The van der Waals surface area contributed by atoms with Gasteiger partial charge in [-0.3, -0.25) is 5.10 Å². The lowest BCUT2D eigenvalue weighted by Crippen LogP contribution is -1.99. The molecule has 16 heavy (non-hydrogen) atoms. The summed E-state index contributed by atoms with van der Waals surface area (Å²) in [5.74, 6) is 1.53. The van der Waals surface area contributed by atoms with E-state index >= 15 is 0 Å². The molecule has 2 aromatic rings. The van der Waals surface area contributed by atoms with E-state index in [2.05, 4.69) is 25.5 Å². The summed E-state index contributed by atoms with van der Waals surface area (Å²) in [7, 11) is 1.76. The summed E-state index contributed by atoms with van der Waals surface area (Å²) < 4.78 is 5.54. The smallest absolute Gasteiger partial charge is 0.240 e. The van der Waals surface area contributed by atoms with Crippen molar-refractivity contribution in [3.8, 4) is 11.8 Å². The van der Waals surface area contributed by atoms with Gasteiger partial charge in [-0.15, -0.1) is 5.10 Å². The second-order valence-electron chi connectivity index (χ2n) is 3.42. The average Bonchev–Trinajstić information content (AvgIpc) is 2.67. The molecular weight excluding hydrogens is 206 g/mol. The van der Waals surface area contributed by atoms with Crippen LogP contribution in [0.15, 0.2) is 12.3 Å². The first-order chi connectivity index (χ1) is 7.69. The predicted molar refractivity (Wildman–Crippen MR) is 59.7 cm³/mol. The van der Waals surface area contributed by atoms with Crippen molar-refractivity contribution >= 4 is 5.95 Å². The quantitative estimate of drug-likeness (QED) is 0.820. The summed E-state index contributed by atoms with van der Waals surface area (Å²) in [4.78, 5) is 8.27. The van der Waals surface area contributed by atoms with Gasteiger partial charge >= 0.3 is 0 Å². The Balaban J connectivity index is 2.26. The summed E-state index contributed by atoms with van der Waals surface area (Å²) in [5, 5.41) is 9.64. The molecule has 0 aliphatic carbocycles. The molecule has 6 nitrogen and oxygen atoms in total. The van der Waals surface area contributed by atoms with Gasteiger partial charge in [-0.05, 0) is 13.8 Å². The molecular formula is C10H13N5O. The maximum Gasteiger partial charge on any atom is 0.240 e. The first-order valence-electron chi connectivity index (χ1n) is 4.90. The van der Waals surface area contributed by atoms with E-state index in [4.69, 9.17) is 4.74 Å². The van der Waals surface area contributed by atoms with Crippen LogP contribution in [0.3, 0.4) is 0 Å². The molecule has 0 aliphatic heterocycles. The molecule has 0 spiro atoms. The molecule has 0 saturated carbocycles. The van der Waals surface area contributed by atoms with Crippen LogP contribution in [0.2, 0.25) is 0 Å². The van der Waals surface area contributed by atoms with E-state index in [0.29, 0.717) is 17.7 Å². The first-order valence-corrected chi connectivity index (χ1v) is 4.90. The molecule has 0 radical (unpaired) electrons. The molecule has 2 rings (SSSR count). The van der Waals surface area contributed by atoms with Crippen LogP contribution in [0.25, 0.3) is 0 Å². The van der Waals surface area contributed by atoms with Gasteiger partial charge in [0.2, 0.25) is 17.7 Å². The number of H-pyrrole nitrogens is 1. The van der Waals surface area contributed by atoms with Crippen molar-refractivity contribution in [1.29, 1.82) is 0 Å². The molecule has 2 heterocycles. The Morgan fingerprint density at radius 2 is 2.19 bits per heavy atom. The highest BCUT2D eigenvalue weighted by atomic mass is 16.5. The zero-order chi connectivity index (χ0) is 11.5. The zero-order valence-corrected chi connectivity index (χ0v) is 9.40. The van der Waals surface area contributed by atoms with Crippen LogP contribution in [-0.2, 0) is 0 Å². The number of rotatable bonds is 3. The standard InChI is InChI=1S/C10H13N5O/c1-6-5-12-10(11-3)13-9(6)16-8-4-7(2)14-15-8/h4-5H,1-3H3,(H,14,15)(H,11,12,13). The Morgan fingerprint density at radius 1 is 1.38 bits per heavy atom. The topological polar surface area (TPSA) is 75.7 Å². The SMILES string of the molecule is CNc1ncc(C)c(Oc2cc(C)[nH]n2)n1. The number of nitrogens with zero attached hydrogens (tertiary/aromatic N) is 3. The van der Waals surface area contributed by atoms with Gasteiger partial charge in [-0.1, -0.05) is 0 Å². The molecule has 0 amide bonds. The fraction of sp³-hybridized carbons (Fsp3) is 0.300. The van der Waals surface area contributed by atoms with Gasteiger partial charge in [-0.2, -0.15) is 4.98 Å². The fourth-order valence-corrected chi connectivity index (χ4v) is 1.19. The molecule has 0 saturated heterocycles. The van der Waals surface area contributed by atoms with Gasteiger partial charge in [0.1, 0.15) is 0 Å². The molecule has 0 aromatic carbocycles. The van der Waals surface area contributed by atoms with E-state index in [-0.39, 0.29) is 0 Å². The summed E-state index contributed by atoms with van der Waals surface area (Å²) >= 11 is 0. The normalized spacial score (nSPS) is 10.2. The van der Waals surface area contributed by atoms with Gasteiger partial charge in [-0.25, -0.2) is 4.98 Å². The van der Waals surface area contributed by atoms with Gasteiger partial charge in [0, 0.05) is 30.6 Å². The molecule has 0 atom stereocenters. The van der Waals surface area contributed by atoms with Crippen molar-refractivity contribution in [2.45, 2.75) is 13.8 Å². The zero-order valence-electron chi connectivity index (χ0n) is 9.40. The van der Waals surface area contributed by atoms with Crippen molar-refractivity contribution in [2.24, 2.45) is 0 Å². The molecule has 2 aromatic heterocycles. The lowest BCUT2D eigenvalue weighted by Gasteiger charge is -2.05. The van der Waals surface area contributed by atoms with Crippen LogP contribution in [0.1, 0.15) is 11.3 Å². The number of aryl methyl sites for hydroxylation is 2. The molecule has 0 fully saturated rings. The van der Waals surface area contributed by atoms with Gasteiger partial charge in [0.15, 0.2) is 0 Å². The lowest BCUT2D eigenvalue weighted by atomic mass is 10.4. The molecule has 0 unspecified atom stereocenters. The van der Waals surface area contributed by atoms with Gasteiger partial charge in [0.05, 0.1) is 0 Å². The second kappa shape index (κ2) is 4.18. The summed E-state index contributed by atoms with van der Waals surface area (Å²) in [6.07, 6.45) is 1.70. The number of nitrogens with one attached hydrogen (secondary N) is 2. The van der Waals surface area contributed by atoms with Crippen LogP contribution in [-0.4, -0.2) is 27.2 Å². The molecule has 0 bridgehead atoms. The van der Waals surface area contributed by atoms with E-state index in [9.17, 15) is 0 Å². The lowest BCUT2D eigenvalue weighted by molar-refractivity contribution is 0.439. The van der Waals surface area contributed by atoms with Crippen LogP contribution in [0.4, 0.5) is 5.95 Å². The highest BCUT2D eigenvalue weighted by molar-refractivity contribution is 5.34. The van der Waals surface area contributed by atoms with Crippen LogP contribution in [0, 0.1) is 13.8 Å². The Kier molecular flexibility index (Phi) is 2.72. The average molecular weight is 219 g/mol. The summed E-state index contributed by atoms with van der Waals surface area (Å²) in [5.41, 5.74) is 1.80. The predicted octanol–water partition coefficient (Wildman–Crippen LogP) is 1.65. The third-order valence-electron chi connectivity index (χ3n) is 2.03. The van der Waals surface area contributed by atoms with Crippen molar-refractivity contribution < 1.29 is 4.74 Å².